The lowest BCUT2D eigenvalue weighted by Gasteiger charge is -2.08. The highest BCUT2D eigenvalue weighted by atomic mass is 19.4. The second kappa shape index (κ2) is 7.52. The van der Waals surface area contributed by atoms with Gasteiger partial charge < -0.3 is 14.7 Å². The first kappa shape index (κ1) is 19.8. The Kier molecular flexibility index (Phi) is 4.66. The molecule has 3 aromatic heterocycles. The summed E-state index contributed by atoms with van der Waals surface area (Å²) >= 11 is 0. The normalized spacial score (nSPS) is 12.8. The summed E-state index contributed by atoms with van der Waals surface area (Å²) in [6, 6.07) is 12.6. The molecule has 5 rings (SSSR count). The van der Waals surface area contributed by atoms with Crippen LogP contribution in [0.2, 0.25) is 0 Å². The maximum atomic E-state index is 12.6. The lowest BCUT2D eigenvalue weighted by atomic mass is 10.2. The first-order valence-corrected chi connectivity index (χ1v) is 9.64. The Labute approximate surface area is 179 Å². The van der Waals surface area contributed by atoms with E-state index in [4.69, 9.17) is 0 Å². The van der Waals surface area contributed by atoms with E-state index in [1.165, 1.54) is 0 Å². The average Bonchev–Trinajstić information content (AvgIpc) is 3.51. The first-order valence-electron chi connectivity index (χ1n) is 9.64. The van der Waals surface area contributed by atoms with Crippen molar-refractivity contribution >= 4 is 52.3 Å². The number of fused-ring (bicyclic) bond motifs is 8. The fourth-order valence-electron chi connectivity index (χ4n) is 3.44. The number of esters is 1. The molecule has 160 valence electrons. The number of halogens is 3. The van der Waals surface area contributed by atoms with E-state index < -0.39 is 18.8 Å². The van der Waals surface area contributed by atoms with Crippen LogP contribution in [0.1, 0.15) is 33.1 Å². The number of carbonyl (C=O) groups is 1. The van der Waals surface area contributed by atoms with Crippen LogP contribution < -0.4 is 0 Å². The minimum atomic E-state index is -4.63. The Morgan fingerprint density at radius 3 is 2.22 bits per heavy atom. The fourth-order valence-corrected chi connectivity index (χ4v) is 3.44. The quantitative estimate of drug-likeness (QED) is 0.364. The van der Waals surface area contributed by atoms with Gasteiger partial charge in [0.1, 0.15) is 5.56 Å². The molecule has 0 aliphatic carbocycles. The molecule has 2 N–H and O–H groups in total. The average molecular weight is 436 g/mol. The zero-order valence-electron chi connectivity index (χ0n) is 16.4. The number of hydrogen-bond donors (Lipinski definition) is 2. The molecule has 0 aromatic carbocycles. The molecule has 8 bridgehead atoms. The van der Waals surface area contributed by atoms with E-state index in [-0.39, 0.29) is 11.3 Å². The van der Waals surface area contributed by atoms with Crippen LogP contribution in [0.15, 0.2) is 42.5 Å². The number of hydrogen-bond acceptors (Lipinski definition) is 4. The summed E-state index contributed by atoms with van der Waals surface area (Å²) in [7, 11) is 0. The van der Waals surface area contributed by atoms with Crippen molar-refractivity contribution in [2.24, 2.45) is 0 Å². The molecular weight excluding hydrogens is 421 g/mol. The van der Waals surface area contributed by atoms with Gasteiger partial charge in [0, 0.05) is 16.6 Å². The van der Waals surface area contributed by atoms with Crippen LogP contribution in [0.25, 0.3) is 46.4 Å². The minimum absolute atomic E-state index is 0.0858. The van der Waals surface area contributed by atoms with Gasteiger partial charge in [-0.1, -0.05) is 0 Å². The summed E-state index contributed by atoms with van der Waals surface area (Å²) in [5.74, 6) is -1.12. The first-order chi connectivity index (χ1) is 15.3. The summed E-state index contributed by atoms with van der Waals surface area (Å²) in [6.07, 6.45) is 2.28. The third-order valence-electron chi connectivity index (χ3n) is 4.79. The van der Waals surface area contributed by atoms with E-state index in [2.05, 4.69) is 24.7 Å². The molecule has 0 amide bonds. The molecular formula is C23H15F3N4O2. The second-order valence-electron chi connectivity index (χ2n) is 7.25. The van der Waals surface area contributed by atoms with Gasteiger partial charge in [-0.15, -0.1) is 0 Å². The van der Waals surface area contributed by atoms with Gasteiger partial charge in [-0.25, -0.2) is 14.8 Å². The van der Waals surface area contributed by atoms with E-state index in [0.717, 1.165) is 16.7 Å². The number of nitrogens with zero attached hydrogens (tertiary/aromatic N) is 2. The molecule has 0 atom stereocenters. The van der Waals surface area contributed by atoms with Gasteiger partial charge in [-0.05, 0) is 66.8 Å². The third-order valence-corrected chi connectivity index (χ3v) is 4.79. The Morgan fingerprint density at radius 1 is 0.812 bits per heavy atom. The number of alkyl halides is 3. The Balaban J connectivity index is 1.76. The van der Waals surface area contributed by atoms with Crippen molar-refractivity contribution in [3.05, 3.63) is 70.8 Å². The number of carbonyl (C=O) groups excluding carboxylic acids is 1. The van der Waals surface area contributed by atoms with Crippen LogP contribution in [0.4, 0.5) is 13.2 Å². The van der Waals surface area contributed by atoms with Gasteiger partial charge in [0.2, 0.25) is 0 Å². The van der Waals surface area contributed by atoms with Gasteiger partial charge in [-0.2, -0.15) is 13.2 Å². The van der Waals surface area contributed by atoms with Crippen molar-refractivity contribution in [3.8, 4) is 0 Å². The maximum absolute atomic E-state index is 12.6. The van der Waals surface area contributed by atoms with Crippen molar-refractivity contribution < 1.29 is 22.7 Å². The molecule has 0 saturated carbocycles. The standard InChI is InChI=1S/C23H15F3N4O2/c24-23(25,26)12-32-22(31)21-19-7-5-17(29-19)10-15-3-1-13(27-15)9-14-2-4-16(28-14)11-18-6-8-20(21)30-18/h1-11,27,29H,12H2. The molecule has 6 nitrogen and oxygen atoms in total. The highest BCUT2D eigenvalue weighted by molar-refractivity contribution is 6.01. The molecule has 9 heteroatoms. The van der Waals surface area contributed by atoms with Gasteiger partial charge in [0.25, 0.3) is 0 Å². The predicted molar refractivity (Wildman–Crippen MR) is 115 cm³/mol. The largest absolute Gasteiger partial charge is 0.452 e. The topological polar surface area (TPSA) is 83.7 Å². The monoisotopic (exact) mass is 436 g/mol. The van der Waals surface area contributed by atoms with Crippen LogP contribution in [0, 0.1) is 0 Å². The Morgan fingerprint density at radius 2 is 1.44 bits per heavy atom. The molecule has 0 radical (unpaired) electrons. The van der Waals surface area contributed by atoms with E-state index in [1.54, 1.807) is 30.4 Å². The Bertz CT molecular complexity index is 1440. The summed E-state index contributed by atoms with van der Waals surface area (Å²) in [6.45, 7) is -1.68. The second-order valence-corrected chi connectivity index (χ2v) is 7.25. The van der Waals surface area contributed by atoms with Crippen LogP contribution >= 0.6 is 0 Å². The van der Waals surface area contributed by atoms with Crippen molar-refractivity contribution in [2.45, 2.75) is 6.18 Å². The molecule has 0 spiro atoms. The number of aromatic nitrogens is 4. The molecule has 2 aliphatic heterocycles. The lowest BCUT2D eigenvalue weighted by Crippen LogP contribution is -2.21. The molecule has 0 unspecified atom stereocenters. The number of aromatic amines is 2. The van der Waals surface area contributed by atoms with Crippen molar-refractivity contribution in [1.82, 2.24) is 19.9 Å². The molecule has 32 heavy (non-hydrogen) atoms. The Hall–Kier alpha value is -4.14. The number of ether oxygens (including phenoxy) is 1. The minimum Gasteiger partial charge on any atom is -0.452 e. The van der Waals surface area contributed by atoms with Gasteiger partial charge in [-0.3, -0.25) is 0 Å². The third kappa shape index (κ3) is 4.18. The predicted octanol–water partition coefficient (Wildman–Crippen LogP) is 5.37. The van der Waals surface area contributed by atoms with Gasteiger partial charge in [0.15, 0.2) is 6.61 Å². The summed E-state index contributed by atoms with van der Waals surface area (Å²) in [4.78, 5) is 27.9. The smallest absolute Gasteiger partial charge is 0.422 e. The highest BCUT2D eigenvalue weighted by Crippen LogP contribution is 2.23. The molecule has 0 fully saturated rings. The van der Waals surface area contributed by atoms with E-state index >= 15 is 0 Å². The van der Waals surface area contributed by atoms with Crippen molar-refractivity contribution in [1.29, 1.82) is 0 Å². The van der Waals surface area contributed by atoms with Crippen molar-refractivity contribution in [3.63, 3.8) is 0 Å². The maximum Gasteiger partial charge on any atom is 0.422 e. The highest BCUT2D eigenvalue weighted by Gasteiger charge is 2.30. The molecule has 2 aliphatic rings. The summed E-state index contributed by atoms with van der Waals surface area (Å²) < 4.78 is 42.4. The van der Waals surface area contributed by atoms with Crippen LogP contribution in [-0.4, -0.2) is 38.7 Å². The van der Waals surface area contributed by atoms with Gasteiger partial charge in [0.05, 0.1) is 28.3 Å². The van der Waals surface area contributed by atoms with E-state index in [1.807, 2.05) is 36.4 Å². The number of nitrogens with one attached hydrogen (secondary N) is 2. The number of H-pyrrole nitrogens is 2. The molecule has 3 aromatic rings. The van der Waals surface area contributed by atoms with E-state index in [9.17, 15) is 18.0 Å². The molecule has 5 heterocycles. The number of rotatable bonds is 2. The fraction of sp³-hybridized carbons (Fsp3) is 0.0870. The SMILES string of the molecule is O=C(OCC(F)(F)F)c1c2nc(cc3nc(cc4ccc(cc5ccc1[nH]5)[nH]4)C=C3)C=C2. The van der Waals surface area contributed by atoms with Crippen LogP contribution in [-0.2, 0) is 4.74 Å². The molecule has 0 saturated heterocycles. The lowest BCUT2D eigenvalue weighted by molar-refractivity contribution is -0.161. The van der Waals surface area contributed by atoms with E-state index in [0.29, 0.717) is 22.4 Å². The van der Waals surface area contributed by atoms with Gasteiger partial charge >= 0.3 is 12.1 Å². The summed E-state index contributed by atoms with van der Waals surface area (Å²) in [5.41, 5.74) is 4.64. The summed E-state index contributed by atoms with van der Waals surface area (Å²) in [5, 5.41) is 0. The van der Waals surface area contributed by atoms with Crippen LogP contribution in [0.5, 0.6) is 0 Å². The zero-order valence-corrected chi connectivity index (χ0v) is 16.4. The zero-order chi connectivity index (χ0) is 22.3. The van der Waals surface area contributed by atoms with Crippen molar-refractivity contribution in [2.75, 3.05) is 6.61 Å². The van der Waals surface area contributed by atoms with Crippen LogP contribution in [0.3, 0.4) is 0 Å².